The third-order valence-electron chi connectivity index (χ3n) is 1.41. The lowest BCUT2D eigenvalue weighted by atomic mass is 10.3. The van der Waals surface area contributed by atoms with E-state index in [9.17, 15) is 10.1 Å². The highest BCUT2D eigenvalue weighted by atomic mass is 79.9. The summed E-state index contributed by atoms with van der Waals surface area (Å²) >= 11 is 7.72. The molecule has 0 radical (unpaired) electrons. The SMILES string of the molecule is NC(=S)Nc1ccc(Br)cc1[N+](=O)[O-]. The Labute approximate surface area is 93.6 Å². The van der Waals surface area contributed by atoms with Gasteiger partial charge in [0, 0.05) is 10.5 Å². The van der Waals surface area contributed by atoms with Crippen molar-refractivity contribution in [3.63, 3.8) is 0 Å². The van der Waals surface area contributed by atoms with Gasteiger partial charge in [-0.2, -0.15) is 0 Å². The summed E-state index contributed by atoms with van der Waals surface area (Å²) in [4.78, 5) is 10.1. The van der Waals surface area contributed by atoms with E-state index in [0.717, 1.165) is 0 Å². The maximum absolute atomic E-state index is 10.6. The fraction of sp³-hybridized carbons (Fsp3) is 0. The molecule has 0 aliphatic heterocycles. The first-order valence-corrected chi connectivity index (χ1v) is 4.71. The molecule has 1 aromatic rings. The van der Waals surface area contributed by atoms with Crippen molar-refractivity contribution < 1.29 is 4.92 Å². The number of nitrogens with one attached hydrogen (secondary N) is 1. The average Bonchev–Trinajstić information content (AvgIpc) is 2.07. The maximum atomic E-state index is 10.6. The Kier molecular flexibility index (Phi) is 3.37. The van der Waals surface area contributed by atoms with E-state index in [2.05, 4.69) is 33.5 Å². The van der Waals surface area contributed by atoms with Crippen molar-refractivity contribution in [2.75, 3.05) is 5.32 Å². The second-order valence-electron chi connectivity index (χ2n) is 2.41. The molecule has 0 amide bonds. The summed E-state index contributed by atoms with van der Waals surface area (Å²) in [5, 5.41) is 13.1. The van der Waals surface area contributed by atoms with Gasteiger partial charge in [0.1, 0.15) is 5.69 Å². The number of rotatable bonds is 2. The standard InChI is InChI=1S/C7H6BrN3O2S/c8-4-1-2-5(10-7(9)14)6(3-4)11(12)13/h1-3H,(H3,9,10,14). The van der Waals surface area contributed by atoms with E-state index < -0.39 is 4.92 Å². The molecule has 7 heteroatoms. The molecule has 0 aliphatic carbocycles. The van der Waals surface area contributed by atoms with Gasteiger partial charge in [-0.1, -0.05) is 15.9 Å². The number of thiocarbonyl (C=S) groups is 1. The van der Waals surface area contributed by atoms with Gasteiger partial charge in [0.05, 0.1) is 4.92 Å². The minimum atomic E-state index is -0.509. The Hall–Kier alpha value is -1.21. The van der Waals surface area contributed by atoms with Gasteiger partial charge in [-0.05, 0) is 24.4 Å². The van der Waals surface area contributed by atoms with Crippen LogP contribution in [0.3, 0.4) is 0 Å². The van der Waals surface area contributed by atoms with E-state index >= 15 is 0 Å². The quantitative estimate of drug-likeness (QED) is 0.490. The van der Waals surface area contributed by atoms with Crippen molar-refractivity contribution in [1.82, 2.24) is 0 Å². The van der Waals surface area contributed by atoms with Gasteiger partial charge in [0.2, 0.25) is 0 Å². The van der Waals surface area contributed by atoms with Gasteiger partial charge in [0.25, 0.3) is 5.69 Å². The Balaban J connectivity index is 3.14. The number of nitro groups is 1. The number of hydrogen-bond acceptors (Lipinski definition) is 3. The lowest BCUT2D eigenvalue weighted by molar-refractivity contribution is -0.384. The van der Waals surface area contributed by atoms with Crippen LogP contribution in [-0.2, 0) is 0 Å². The fourth-order valence-corrected chi connectivity index (χ4v) is 1.35. The molecule has 0 aromatic heterocycles. The molecule has 0 bridgehead atoms. The molecule has 0 unspecified atom stereocenters. The average molecular weight is 276 g/mol. The van der Waals surface area contributed by atoms with Crippen molar-refractivity contribution in [2.45, 2.75) is 0 Å². The van der Waals surface area contributed by atoms with E-state index in [-0.39, 0.29) is 16.5 Å². The molecular formula is C7H6BrN3O2S. The summed E-state index contributed by atoms with van der Waals surface area (Å²) in [5.41, 5.74) is 5.42. The summed E-state index contributed by atoms with van der Waals surface area (Å²) in [7, 11) is 0. The molecule has 0 aliphatic rings. The van der Waals surface area contributed by atoms with Crippen LogP contribution in [0.5, 0.6) is 0 Å². The molecule has 1 rings (SSSR count). The molecule has 0 saturated carbocycles. The number of hydrogen-bond donors (Lipinski definition) is 2. The van der Waals surface area contributed by atoms with Crippen LogP contribution >= 0.6 is 28.1 Å². The van der Waals surface area contributed by atoms with E-state index in [1.165, 1.54) is 12.1 Å². The number of halogens is 1. The lowest BCUT2D eigenvalue weighted by Crippen LogP contribution is -2.19. The van der Waals surface area contributed by atoms with Crippen LogP contribution in [0.1, 0.15) is 0 Å². The topological polar surface area (TPSA) is 81.2 Å². The van der Waals surface area contributed by atoms with Crippen LogP contribution in [0.15, 0.2) is 22.7 Å². The van der Waals surface area contributed by atoms with E-state index in [0.29, 0.717) is 4.47 Å². The van der Waals surface area contributed by atoms with Crippen LogP contribution < -0.4 is 11.1 Å². The van der Waals surface area contributed by atoms with Gasteiger partial charge in [0.15, 0.2) is 5.11 Å². The first-order valence-electron chi connectivity index (χ1n) is 3.51. The molecule has 74 valence electrons. The lowest BCUT2D eigenvalue weighted by Gasteiger charge is -2.04. The Bertz CT molecular complexity index is 397. The maximum Gasteiger partial charge on any atom is 0.293 e. The van der Waals surface area contributed by atoms with E-state index in [1.54, 1.807) is 6.07 Å². The molecule has 5 nitrogen and oxygen atoms in total. The zero-order valence-corrected chi connectivity index (χ0v) is 9.26. The van der Waals surface area contributed by atoms with Gasteiger partial charge in [-0.25, -0.2) is 0 Å². The zero-order valence-electron chi connectivity index (χ0n) is 6.86. The number of anilines is 1. The van der Waals surface area contributed by atoms with Crippen LogP contribution in [0, 0.1) is 10.1 Å². The van der Waals surface area contributed by atoms with Crippen LogP contribution in [-0.4, -0.2) is 10.0 Å². The normalized spacial score (nSPS) is 9.50. The molecule has 3 N–H and O–H groups in total. The smallest absolute Gasteiger partial charge is 0.293 e. The van der Waals surface area contributed by atoms with Crippen LogP contribution in [0.4, 0.5) is 11.4 Å². The Morgan fingerprint density at radius 2 is 2.29 bits per heavy atom. The summed E-state index contributed by atoms with van der Waals surface area (Å²) in [5.74, 6) is 0. The second-order valence-corrected chi connectivity index (χ2v) is 3.76. The predicted molar refractivity (Wildman–Crippen MR) is 61.2 cm³/mol. The number of nitrogens with two attached hydrogens (primary N) is 1. The van der Waals surface area contributed by atoms with Crippen molar-refractivity contribution in [3.8, 4) is 0 Å². The van der Waals surface area contributed by atoms with Gasteiger partial charge in [-0.3, -0.25) is 10.1 Å². The number of benzene rings is 1. The molecule has 1 aromatic carbocycles. The van der Waals surface area contributed by atoms with Crippen LogP contribution in [0.25, 0.3) is 0 Å². The predicted octanol–water partition coefficient (Wildman–Crippen LogP) is 2.01. The minimum Gasteiger partial charge on any atom is -0.376 e. The molecule has 0 fully saturated rings. The molecule has 0 heterocycles. The summed E-state index contributed by atoms with van der Waals surface area (Å²) in [6.07, 6.45) is 0. The third-order valence-corrected chi connectivity index (χ3v) is 2.01. The molecule has 14 heavy (non-hydrogen) atoms. The Morgan fingerprint density at radius 3 is 2.79 bits per heavy atom. The third kappa shape index (κ3) is 2.64. The minimum absolute atomic E-state index is 0.00424. The van der Waals surface area contributed by atoms with Gasteiger partial charge < -0.3 is 11.1 Å². The first-order chi connectivity index (χ1) is 6.50. The van der Waals surface area contributed by atoms with Crippen LogP contribution in [0.2, 0.25) is 0 Å². The highest BCUT2D eigenvalue weighted by Gasteiger charge is 2.13. The molecule has 0 saturated heterocycles. The number of nitro benzene ring substituents is 1. The zero-order chi connectivity index (χ0) is 10.7. The summed E-state index contributed by atoms with van der Waals surface area (Å²) < 4.78 is 0.623. The van der Waals surface area contributed by atoms with Crippen molar-refractivity contribution in [3.05, 3.63) is 32.8 Å². The molecule has 0 spiro atoms. The van der Waals surface area contributed by atoms with Crippen molar-refractivity contribution in [1.29, 1.82) is 0 Å². The summed E-state index contributed by atoms with van der Waals surface area (Å²) in [6, 6.07) is 4.57. The Morgan fingerprint density at radius 1 is 1.64 bits per heavy atom. The van der Waals surface area contributed by atoms with E-state index in [1.807, 2.05) is 0 Å². The number of nitrogens with zero attached hydrogens (tertiary/aromatic N) is 1. The van der Waals surface area contributed by atoms with E-state index in [4.69, 9.17) is 5.73 Å². The fourth-order valence-electron chi connectivity index (χ4n) is 0.894. The second kappa shape index (κ2) is 4.34. The first kappa shape index (κ1) is 10.9. The van der Waals surface area contributed by atoms with Crippen molar-refractivity contribution >= 4 is 44.6 Å². The van der Waals surface area contributed by atoms with Crippen molar-refractivity contribution in [2.24, 2.45) is 5.73 Å². The summed E-state index contributed by atoms with van der Waals surface area (Å²) in [6.45, 7) is 0. The highest BCUT2D eigenvalue weighted by Crippen LogP contribution is 2.27. The largest absolute Gasteiger partial charge is 0.376 e. The highest BCUT2D eigenvalue weighted by molar-refractivity contribution is 9.10. The van der Waals surface area contributed by atoms with Gasteiger partial charge in [-0.15, -0.1) is 0 Å². The molecule has 0 atom stereocenters. The monoisotopic (exact) mass is 275 g/mol. The molecular weight excluding hydrogens is 270 g/mol. The van der Waals surface area contributed by atoms with Gasteiger partial charge >= 0.3 is 0 Å².